The molecule has 32 heavy (non-hydrogen) atoms. The molecule has 1 amide bonds. The number of likely N-dealkylation sites (tertiary alicyclic amines) is 2. The van der Waals surface area contributed by atoms with Crippen LogP contribution in [0.4, 0.5) is 0 Å². The van der Waals surface area contributed by atoms with E-state index < -0.39 is 0 Å². The summed E-state index contributed by atoms with van der Waals surface area (Å²) in [5, 5.41) is 0.896. The fraction of sp³-hybridized carbons (Fsp3) is 0.385. The van der Waals surface area contributed by atoms with E-state index >= 15 is 0 Å². The molecule has 6 nitrogen and oxygen atoms in total. The molecule has 3 heterocycles. The van der Waals surface area contributed by atoms with E-state index in [-0.39, 0.29) is 11.5 Å². The van der Waals surface area contributed by atoms with Crippen LogP contribution in [0.3, 0.4) is 0 Å². The summed E-state index contributed by atoms with van der Waals surface area (Å²) in [5.41, 5.74) is 2.74. The number of carbonyl (C=O) groups is 1. The Morgan fingerprint density at radius 1 is 1.09 bits per heavy atom. The minimum atomic E-state index is -0.364. The zero-order valence-electron chi connectivity index (χ0n) is 18.5. The molecule has 3 aromatic rings. The van der Waals surface area contributed by atoms with Crippen LogP contribution in [0.25, 0.3) is 11.0 Å². The number of nitrogens with zero attached hydrogens (tertiary/aromatic N) is 2. The van der Waals surface area contributed by atoms with Crippen LogP contribution < -0.4 is 10.4 Å². The third kappa shape index (κ3) is 4.02. The maximum absolute atomic E-state index is 13.1. The minimum Gasteiger partial charge on any atom is -0.489 e. The first kappa shape index (κ1) is 20.8. The number of piperidine rings is 1. The van der Waals surface area contributed by atoms with Crippen molar-refractivity contribution in [3.8, 4) is 5.75 Å². The fourth-order valence-corrected chi connectivity index (χ4v) is 5.02. The number of carbonyl (C=O) groups excluding carboxylic acids is 1. The Labute approximate surface area is 187 Å². The standard InChI is InChI=1S/C26H28N2O4/c1-17-13-25(29)32-24-14-21(7-8-22(17)24)31-16-18-3-5-20(6-4-18)26(30)28-12-10-19-9-11-27(2)15-23(19)28/h3-8,13-14,19,23H,9-12,15-16H2,1-2H3. The van der Waals surface area contributed by atoms with Gasteiger partial charge in [0.25, 0.3) is 5.91 Å². The molecule has 2 saturated heterocycles. The van der Waals surface area contributed by atoms with Crippen LogP contribution in [-0.2, 0) is 6.61 Å². The molecule has 0 radical (unpaired) electrons. The van der Waals surface area contributed by atoms with E-state index in [1.807, 2.05) is 43.3 Å². The monoisotopic (exact) mass is 432 g/mol. The molecular weight excluding hydrogens is 404 g/mol. The Hall–Kier alpha value is -3.12. The molecule has 0 saturated carbocycles. The van der Waals surface area contributed by atoms with Crippen molar-refractivity contribution in [3.63, 3.8) is 0 Å². The minimum absolute atomic E-state index is 0.125. The molecule has 5 rings (SSSR count). The second-order valence-electron chi connectivity index (χ2n) is 9.06. The van der Waals surface area contributed by atoms with E-state index in [9.17, 15) is 9.59 Å². The van der Waals surface area contributed by atoms with Gasteiger partial charge in [0.2, 0.25) is 0 Å². The molecule has 2 aliphatic heterocycles. The molecule has 2 unspecified atom stereocenters. The van der Waals surface area contributed by atoms with Crippen molar-refractivity contribution in [1.82, 2.24) is 9.80 Å². The molecule has 166 valence electrons. The van der Waals surface area contributed by atoms with Gasteiger partial charge in [0.05, 0.1) is 0 Å². The first-order chi connectivity index (χ1) is 15.5. The second-order valence-corrected chi connectivity index (χ2v) is 9.06. The summed E-state index contributed by atoms with van der Waals surface area (Å²) in [6, 6.07) is 15.0. The van der Waals surface area contributed by atoms with Crippen LogP contribution in [0.1, 0.15) is 34.3 Å². The number of likely N-dealkylation sites (N-methyl/N-ethyl adjacent to an activating group) is 1. The molecule has 0 bridgehead atoms. The summed E-state index contributed by atoms with van der Waals surface area (Å²) in [6.45, 7) is 5.20. The van der Waals surface area contributed by atoms with Gasteiger partial charge in [0.15, 0.2) is 0 Å². The van der Waals surface area contributed by atoms with Gasteiger partial charge in [0, 0.05) is 42.2 Å². The van der Waals surface area contributed by atoms with Gasteiger partial charge in [0.1, 0.15) is 17.9 Å². The quantitative estimate of drug-likeness (QED) is 0.586. The Bertz CT molecular complexity index is 1200. The third-order valence-electron chi connectivity index (χ3n) is 6.86. The van der Waals surface area contributed by atoms with E-state index in [0.29, 0.717) is 29.9 Å². The Morgan fingerprint density at radius 2 is 1.88 bits per heavy atom. The maximum atomic E-state index is 13.1. The molecule has 0 spiro atoms. The lowest BCUT2D eigenvalue weighted by Crippen LogP contribution is -2.48. The van der Waals surface area contributed by atoms with Crippen LogP contribution in [0.15, 0.2) is 57.7 Å². The highest BCUT2D eigenvalue weighted by Crippen LogP contribution is 2.32. The van der Waals surface area contributed by atoms with Gasteiger partial charge < -0.3 is 19.0 Å². The number of hydrogen-bond acceptors (Lipinski definition) is 5. The molecule has 0 N–H and O–H groups in total. The molecule has 1 aromatic heterocycles. The Balaban J connectivity index is 1.25. The predicted octanol–water partition coefficient (Wildman–Crippen LogP) is 3.85. The smallest absolute Gasteiger partial charge is 0.336 e. The van der Waals surface area contributed by atoms with Gasteiger partial charge in [-0.25, -0.2) is 4.79 Å². The summed E-state index contributed by atoms with van der Waals surface area (Å²) >= 11 is 0. The topological polar surface area (TPSA) is 63.0 Å². The van der Waals surface area contributed by atoms with Crippen molar-refractivity contribution in [2.75, 3.05) is 26.7 Å². The number of amides is 1. The van der Waals surface area contributed by atoms with E-state index in [0.717, 1.165) is 48.1 Å². The summed E-state index contributed by atoms with van der Waals surface area (Å²) in [5.74, 6) is 1.40. The van der Waals surface area contributed by atoms with Gasteiger partial charge in [-0.1, -0.05) is 12.1 Å². The van der Waals surface area contributed by atoms with Crippen molar-refractivity contribution >= 4 is 16.9 Å². The lowest BCUT2D eigenvalue weighted by atomic mass is 9.92. The number of ether oxygens (including phenoxy) is 1. The van der Waals surface area contributed by atoms with Gasteiger partial charge in [-0.2, -0.15) is 0 Å². The lowest BCUT2D eigenvalue weighted by molar-refractivity contribution is 0.0631. The van der Waals surface area contributed by atoms with E-state index in [1.54, 1.807) is 6.07 Å². The largest absolute Gasteiger partial charge is 0.489 e. The maximum Gasteiger partial charge on any atom is 0.336 e. The average Bonchev–Trinajstić information content (AvgIpc) is 3.20. The SMILES string of the molecule is Cc1cc(=O)oc2cc(OCc3ccc(C(=O)N4CCC5CCN(C)CC54)cc3)ccc12. The molecule has 0 aliphatic carbocycles. The Kier molecular flexibility index (Phi) is 5.47. The average molecular weight is 433 g/mol. The van der Waals surface area contributed by atoms with Crippen LogP contribution in [0, 0.1) is 12.8 Å². The van der Waals surface area contributed by atoms with Gasteiger partial charge in [-0.3, -0.25) is 4.79 Å². The first-order valence-electron chi connectivity index (χ1n) is 11.2. The molecule has 2 atom stereocenters. The van der Waals surface area contributed by atoms with E-state index in [1.165, 1.54) is 12.5 Å². The zero-order valence-corrected chi connectivity index (χ0v) is 18.5. The number of fused-ring (bicyclic) bond motifs is 2. The predicted molar refractivity (Wildman–Crippen MR) is 123 cm³/mol. The molecule has 2 aliphatic rings. The Morgan fingerprint density at radius 3 is 2.69 bits per heavy atom. The van der Waals surface area contributed by atoms with E-state index in [4.69, 9.17) is 9.15 Å². The third-order valence-corrected chi connectivity index (χ3v) is 6.86. The van der Waals surface area contributed by atoms with Crippen LogP contribution in [0.5, 0.6) is 5.75 Å². The summed E-state index contributed by atoms with van der Waals surface area (Å²) in [4.78, 5) is 29.1. The van der Waals surface area contributed by atoms with Gasteiger partial charge in [-0.15, -0.1) is 0 Å². The molecule has 2 fully saturated rings. The van der Waals surface area contributed by atoms with Crippen molar-refractivity contribution < 1.29 is 13.9 Å². The highest BCUT2D eigenvalue weighted by molar-refractivity contribution is 5.94. The molecular formula is C26H28N2O4. The summed E-state index contributed by atoms with van der Waals surface area (Å²) < 4.78 is 11.2. The number of benzene rings is 2. The van der Waals surface area contributed by atoms with Crippen LogP contribution in [-0.4, -0.2) is 48.4 Å². The normalized spacial score (nSPS) is 21.0. The first-order valence-corrected chi connectivity index (χ1v) is 11.2. The van der Waals surface area contributed by atoms with Crippen molar-refractivity contribution in [3.05, 3.63) is 75.6 Å². The number of aryl methyl sites for hydroxylation is 1. The van der Waals surface area contributed by atoms with Crippen molar-refractivity contribution in [2.45, 2.75) is 32.4 Å². The number of hydrogen-bond donors (Lipinski definition) is 0. The van der Waals surface area contributed by atoms with Crippen molar-refractivity contribution in [2.24, 2.45) is 5.92 Å². The summed E-state index contributed by atoms with van der Waals surface area (Å²) in [6.07, 6.45) is 2.29. The second kappa shape index (κ2) is 8.43. The van der Waals surface area contributed by atoms with E-state index in [2.05, 4.69) is 16.8 Å². The molecule has 2 aromatic carbocycles. The van der Waals surface area contributed by atoms with Gasteiger partial charge in [-0.05, 0) is 74.7 Å². The highest BCUT2D eigenvalue weighted by atomic mass is 16.5. The lowest BCUT2D eigenvalue weighted by Gasteiger charge is -2.36. The highest BCUT2D eigenvalue weighted by Gasteiger charge is 2.39. The van der Waals surface area contributed by atoms with Crippen molar-refractivity contribution in [1.29, 1.82) is 0 Å². The summed E-state index contributed by atoms with van der Waals surface area (Å²) in [7, 11) is 2.14. The van der Waals surface area contributed by atoms with Crippen LogP contribution >= 0.6 is 0 Å². The van der Waals surface area contributed by atoms with Crippen LogP contribution in [0.2, 0.25) is 0 Å². The fourth-order valence-electron chi connectivity index (χ4n) is 5.02. The molecule has 6 heteroatoms. The number of rotatable bonds is 4. The zero-order chi connectivity index (χ0) is 22.2. The van der Waals surface area contributed by atoms with Gasteiger partial charge >= 0.3 is 5.63 Å².